The summed E-state index contributed by atoms with van der Waals surface area (Å²) in [6.45, 7) is 3.29. The molecule has 1 aliphatic rings. The Labute approximate surface area is 140 Å². The van der Waals surface area contributed by atoms with Crippen LogP contribution in [-0.2, 0) is 6.42 Å². The number of amides is 1. The molecule has 4 rings (SSSR count). The normalized spacial score (nSPS) is 17.5. The summed E-state index contributed by atoms with van der Waals surface area (Å²) in [7, 11) is 0. The summed E-state index contributed by atoms with van der Waals surface area (Å²) in [5, 5.41) is 1.21. The van der Waals surface area contributed by atoms with Crippen molar-refractivity contribution in [3.63, 3.8) is 0 Å². The maximum absolute atomic E-state index is 12.5. The SMILES string of the molecule is Cc1nc(C(=O)N2CC[C@@H](Cc3cccc4ncccc34)C2)co1. The van der Waals surface area contributed by atoms with Gasteiger partial charge in [0.15, 0.2) is 11.6 Å². The highest BCUT2D eigenvalue weighted by Crippen LogP contribution is 2.26. The van der Waals surface area contributed by atoms with Gasteiger partial charge in [-0.25, -0.2) is 4.98 Å². The maximum atomic E-state index is 12.5. The summed E-state index contributed by atoms with van der Waals surface area (Å²) in [6, 6.07) is 10.4. The first-order valence-electron chi connectivity index (χ1n) is 8.25. The lowest BCUT2D eigenvalue weighted by molar-refractivity contribution is 0.0781. The fraction of sp³-hybridized carbons (Fsp3) is 0.316. The Bertz CT molecular complexity index is 882. The van der Waals surface area contributed by atoms with E-state index in [1.54, 1.807) is 6.92 Å². The van der Waals surface area contributed by atoms with Gasteiger partial charge < -0.3 is 9.32 Å². The van der Waals surface area contributed by atoms with Crippen molar-refractivity contribution in [3.8, 4) is 0 Å². The van der Waals surface area contributed by atoms with Crippen LogP contribution in [0.2, 0.25) is 0 Å². The Morgan fingerprint density at radius 1 is 1.33 bits per heavy atom. The van der Waals surface area contributed by atoms with Crippen molar-refractivity contribution in [2.45, 2.75) is 19.8 Å². The summed E-state index contributed by atoms with van der Waals surface area (Å²) in [6.07, 6.45) is 5.24. The predicted molar refractivity (Wildman–Crippen MR) is 90.7 cm³/mol. The average molecular weight is 321 g/mol. The fourth-order valence-electron chi connectivity index (χ4n) is 3.46. The fourth-order valence-corrected chi connectivity index (χ4v) is 3.46. The Kier molecular flexibility index (Phi) is 3.76. The summed E-state index contributed by atoms with van der Waals surface area (Å²) in [5.74, 6) is 0.957. The van der Waals surface area contributed by atoms with Crippen LogP contribution in [0.3, 0.4) is 0 Å². The zero-order valence-electron chi connectivity index (χ0n) is 13.6. The molecule has 1 aliphatic heterocycles. The van der Waals surface area contributed by atoms with Gasteiger partial charge in [-0.1, -0.05) is 18.2 Å². The smallest absolute Gasteiger partial charge is 0.275 e. The van der Waals surface area contributed by atoms with Gasteiger partial charge in [-0.05, 0) is 36.5 Å². The molecule has 1 fully saturated rings. The van der Waals surface area contributed by atoms with E-state index in [4.69, 9.17) is 4.42 Å². The van der Waals surface area contributed by atoms with E-state index in [0.29, 0.717) is 17.5 Å². The number of aryl methyl sites for hydroxylation is 1. The molecule has 0 aliphatic carbocycles. The predicted octanol–water partition coefficient (Wildman–Crippen LogP) is 3.24. The number of rotatable bonds is 3. The van der Waals surface area contributed by atoms with Gasteiger partial charge in [0.1, 0.15) is 6.26 Å². The topological polar surface area (TPSA) is 59.2 Å². The Morgan fingerprint density at radius 2 is 2.25 bits per heavy atom. The maximum Gasteiger partial charge on any atom is 0.275 e. The third-order valence-corrected chi connectivity index (χ3v) is 4.66. The van der Waals surface area contributed by atoms with E-state index < -0.39 is 0 Å². The number of hydrogen-bond donors (Lipinski definition) is 0. The van der Waals surface area contributed by atoms with Crippen LogP contribution in [0.15, 0.2) is 47.2 Å². The number of aromatic nitrogens is 2. The van der Waals surface area contributed by atoms with Crippen LogP contribution >= 0.6 is 0 Å². The molecule has 5 heteroatoms. The zero-order chi connectivity index (χ0) is 16.5. The van der Waals surface area contributed by atoms with Gasteiger partial charge in [-0.15, -0.1) is 0 Å². The summed E-state index contributed by atoms with van der Waals surface area (Å²) >= 11 is 0. The lowest BCUT2D eigenvalue weighted by Gasteiger charge is -2.15. The highest BCUT2D eigenvalue weighted by Gasteiger charge is 2.28. The molecule has 2 aromatic heterocycles. The van der Waals surface area contributed by atoms with Crippen molar-refractivity contribution in [1.82, 2.24) is 14.9 Å². The van der Waals surface area contributed by atoms with Crippen molar-refractivity contribution in [2.75, 3.05) is 13.1 Å². The van der Waals surface area contributed by atoms with Gasteiger partial charge in [0.25, 0.3) is 5.91 Å². The molecule has 0 radical (unpaired) electrons. The second-order valence-electron chi connectivity index (χ2n) is 6.35. The van der Waals surface area contributed by atoms with E-state index in [1.807, 2.05) is 23.2 Å². The number of pyridine rings is 1. The number of carbonyl (C=O) groups excluding carboxylic acids is 1. The molecule has 24 heavy (non-hydrogen) atoms. The highest BCUT2D eigenvalue weighted by molar-refractivity contribution is 5.92. The molecule has 1 aromatic carbocycles. The van der Waals surface area contributed by atoms with Crippen LogP contribution < -0.4 is 0 Å². The number of nitrogens with zero attached hydrogens (tertiary/aromatic N) is 3. The van der Waals surface area contributed by atoms with Crippen molar-refractivity contribution in [3.05, 3.63) is 59.9 Å². The molecular formula is C19H19N3O2. The van der Waals surface area contributed by atoms with Crippen LogP contribution in [0.4, 0.5) is 0 Å². The number of carbonyl (C=O) groups is 1. The van der Waals surface area contributed by atoms with E-state index >= 15 is 0 Å². The minimum atomic E-state index is -0.0334. The largest absolute Gasteiger partial charge is 0.448 e. The van der Waals surface area contributed by atoms with Gasteiger partial charge in [0.05, 0.1) is 5.52 Å². The summed E-state index contributed by atoms with van der Waals surface area (Å²) in [5.41, 5.74) is 2.73. The lowest BCUT2D eigenvalue weighted by atomic mass is 9.96. The first-order valence-corrected chi connectivity index (χ1v) is 8.25. The molecular weight excluding hydrogens is 302 g/mol. The number of hydrogen-bond acceptors (Lipinski definition) is 4. The Balaban J connectivity index is 1.48. The van der Waals surface area contributed by atoms with Gasteiger partial charge in [-0.3, -0.25) is 9.78 Å². The van der Waals surface area contributed by atoms with Crippen molar-refractivity contribution in [2.24, 2.45) is 5.92 Å². The Morgan fingerprint density at radius 3 is 3.08 bits per heavy atom. The Hall–Kier alpha value is -2.69. The molecule has 1 atom stereocenters. The van der Waals surface area contributed by atoms with E-state index in [1.165, 1.54) is 17.2 Å². The molecule has 0 bridgehead atoms. The monoisotopic (exact) mass is 321 g/mol. The van der Waals surface area contributed by atoms with Gasteiger partial charge in [0.2, 0.25) is 0 Å². The summed E-state index contributed by atoms with van der Waals surface area (Å²) < 4.78 is 5.15. The quantitative estimate of drug-likeness (QED) is 0.743. The third-order valence-electron chi connectivity index (χ3n) is 4.66. The van der Waals surface area contributed by atoms with Crippen LogP contribution in [0, 0.1) is 12.8 Å². The van der Waals surface area contributed by atoms with E-state index in [-0.39, 0.29) is 5.91 Å². The number of likely N-dealkylation sites (tertiary alicyclic amines) is 1. The van der Waals surface area contributed by atoms with Gasteiger partial charge in [0, 0.05) is 31.6 Å². The van der Waals surface area contributed by atoms with E-state index in [2.05, 4.69) is 28.2 Å². The minimum absolute atomic E-state index is 0.0334. The molecule has 1 amide bonds. The molecule has 5 nitrogen and oxygen atoms in total. The summed E-state index contributed by atoms with van der Waals surface area (Å²) in [4.78, 5) is 22.9. The molecule has 1 saturated heterocycles. The molecule has 3 aromatic rings. The van der Waals surface area contributed by atoms with Crippen molar-refractivity contribution < 1.29 is 9.21 Å². The third kappa shape index (κ3) is 2.77. The van der Waals surface area contributed by atoms with Gasteiger partial charge >= 0.3 is 0 Å². The number of fused-ring (bicyclic) bond motifs is 1. The molecule has 0 spiro atoms. The molecule has 122 valence electrons. The van der Waals surface area contributed by atoms with Crippen LogP contribution in [0.25, 0.3) is 10.9 Å². The average Bonchev–Trinajstić information content (AvgIpc) is 3.24. The first kappa shape index (κ1) is 14.9. The standard InChI is InChI=1S/C19H19N3O2/c1-13-21-18(12-24-13)19(23)22-9-7-14(11-22)10-15-4-2-6-17-16(15)5-3-8-20-17/h2-6,8,12,14H,7,9-11H2,1H3/t14-/m0/s1. The zero-order valence-corrected chi connectivity index (χ0v) is 13.6. The highest BCUT2D eigenvalue weighted by atomic mass is 16.3. The van der Waals surface area contributed by atoms with E-state index in [0.717, 1.165) is 31.4 Å². The molecule has 0 unspecified atom stereocenters. The van der Waals surface area contributed by atoms with E-state index in [9.17, 15) is 4.79 Å². The van der Waals surface area contributed by atoms with Crippen LogP contribution in [0.5, 0.6) is 0 Å². The van der Waals surface area contributed by atoms with Crippen molar-refractivity contribution >= 4 is 16.8 Å². The minimum Gasteiger partial charge on any atom is -0.448 e. The second kappa shape index (κ2) is 6.07. The van der Waals surface area contributed by atoms with Crippen LogP contribution in [-0.4, -0.2) is 33.9 Å². The molecule has 0 N–H and O–H groups in total. The van der Waals surface area contributed by atoms with Gasteiger partial charge in [-0.2, -0.15) is 0 Å². The number of oxazole rings is 1. The van der Waals surface area contributed by atoms with Crippen molar-refractivity contribution in [1.29, 1.82) is 0 Å². The van der Waals surface area contributed by atoms with Crippen LogP contribution in [0.1, 0.15) is 28.4 Å². The second-order valence-corrected chi connectivity index (χ2v) is 6.35. The lowest BCUT2D eigenvalue weighted by Crippen LogP contribution is -2.29. The first-order chi connectivity index (χ1) is 11.7. The molecule has 0 saturated carbocycles. The molecule has 3 heterocycles. The number of benzene rings is 1.